The molecule has 1 aliphatic heterocycles. The predicted octanol–water partition coefficient (Wildman–Crippen LogP) is 1.80. The zero-order chi connectivity index (χ0) is 18.2. The molecule has 0 saturated carbocycles. The lowest BCUT2D eigenvalue weighted by Gasteiger charge is -2.41. The number of carbonyl (C=O) groups excluding carboxylic acids is 1. The highest BCUT2D eigenvalue weighted by Crippen LogP contribution is 2.39. The van der Waals surface area contributed by atoms with E-state index in [1.54, 1.807) is 11.8 Å². The first-order valence-electron chi connectivity index (χ1n) is 7.72. The summed E-state index contributed by atoms with van der Waals surface area (Å²) in [6.45, 7) is 0.268. The largest absolute Gasteiger partial charge is 0.383 e. The first kappa shape index (κ1) is 17.8. The van der Waals surface area contributed by atoms with Gasteiger partial charge in [-0.15, -0.1) is 11.8 Å². The zero-order valence-corrected chi connectivity index (χ0v) is 14.4. The Morgan fingerprint density at radius 2 is 2.04 bits per heavy atom. The number of rotatable bonds is 4. The van der Waals surface area contributed by atoms with Crippen LogP contribution in [-0.2, 0) is 4.79 Å². The number of benzene rings is 1. The highest BCUT2D eigenvalue weighted by Gasteiger charge is 2.58. The quantitative estimate of drug-likeness (QED) is 0.800. The maximum absolute atomic E-state index is 13.9. The highest BCUT2D eigenvalue weighted by atomic mass is 32.2. The fourth-order valence-corrected chi connectivity index (χ4v) is 3.47. The van der Waals surface area contributed by atoms with E-state index in [1.807, 2.05) is 29.4 Å². The van der Waals surface area contributed by atoms with Crippen molar-refractivity contribution in [2.45, 2.75) is 29.3 Å². The van der Waals surface area contributed by atoms with Crippen LogP contribution in [0.5, 0.6) is 0 Å². The molecule has 134 valence electrons. The minimum Gasteiger partial charge on any atom is -0.383 e. The van der Waals surface area contributed by atoms with E-state index < -0.39 is 17.4 Å². The molecule has 0 aliphatic carbocycles. The summed E-state index contributed by atoms with van der Waals surface area (Å²) in [7, 11) is 0. The van der Waals surface area contributed by atoms with Crippen molar-refractivity contribution in [3.8, 4) is 0 Å². The molecule has 1 aromatic heterocycles. The Kier molecular flexibility index (Phi) is 4.54. The minimum atomic E-state index is -3.96. The van der Waals surface area contributed by atoms with E-state index in [4.69, 9.17) is 5.73 Å². The second-order valence-electron chi connectivity index (χ2n) is 6.04. The van der Waals surface area contributed by atoms with Gasteiger partial charge < -0.3 is 15.7 Å². The predicted molar refractivity (Wildman–Crippen MR) is 91.9 cm³/mol. The number of amides is 1. The van der Waals surface area contributed by atoms with Crippen LogP contribution in [0.4, 0.5) is 14.6 Å². The Morgan fingerprint density at radius 3 is 2.64 bits per heavy atom. The molecule has 0 radical (unpaired) electrons. The summed E-state index contributed by atoms with van der Waals surface area (Å²) in [5.41, 5.74) is 3.08. The first-order valence-corrected chi connectivity index (χ1v) is 8.95. The Bertz CT molecular complexity index is 810. The molecule has 2 aromatic rings. The topological polar surface area (TPSA) is 92.3 Å². The summed E-state index contributed by atoms with van der Waals surface area (Å²) >= 11 is 1.58. The number of nitrogens with two attached hydrogens (primary N) is 1. The van der Waals surface area contributed by atoms with Crippen molar-refractivity contribution in [2.24, 2.45) is 5.73 Å². The standard InChI is InChI=1S/C16H18F2N4O2S/c1-25-10-2-3-12-11(8-10)13(21-9-20-12)22-6-4-15(24,5-7-22)16(17,18)14(19)23/h2-3,8-9,24H,4-7H2,1H3,(H2,19,23). The van der Waals surface area contributed by atoms with Crippen molar-refractivity contribution in [1.82, 2.24) is 9.97 Å². The lowest BCUT2D eigenvalue weighted by Crippen LogP contribution is -2.60. The molecule has 3 N–H and O–H groups in total. The summed E-state index contributed by atoms with van der Waals surface area (Å²) < 4.78 is 27.9. The third-order valence-corrected chi connectivity index (χ3v) is 5.33. The Hall–Kier alpha value is -2.00. The van der Waals surface area contributed by atoms with Gasteiger partial charge in [-0.3, -0.25) is 4.79 Å². The minimum absolute atomic E-state index is 0.134. The number of aromatic nitrogens is 2. The van der Waals surface area contributed by atoms with Crippen LogP contribution >= 0.6 is 11.8 Å². The van der Waals surface area contributed by atoms with Gasteiger partial charge in [-0.05, 0) is 24.5 Å². The van der Waals surface area contributed by atoms with Gasteiger partial charge in [-0.1, -0.05) is 0 Å². The van der Waals surface area contributed by atoms with Crippen molar-refractivity contribution in [3.63, 3.8) is 0 Å². The highest BCUT2D eigenvalue weighted by molar-refractivity contribution is 7.98. The van der Waals surface area contributed by atoms with E-state index in [-0.39, 0.29) is 25.9 Å². The fraction of sp³-hybridized carbons (Fsp3) is 0.438. The molecular weight excluding hydrogens is 350 g/mol. The van der Waals surface area contributed by atoms with Gasteiger partial charge in [-0.2, -0.15) is 8.78 Å². The van der Waals surface area contributed by atoms with Gasteiger partial charge in [0.1, 0.15) is 17.7 Å². The number of primary amides is 1. The third kappa shape index (κ3) is 3.02. The van der Waals surface area contributed by atoms with Crippen LogP contribution in [0.15, 0.2) is 29.4 Å². The Morgan fingerprint density at radius 1 is 1.36 bits per heavy atom. The van der Waals surface area contributed by atoms with E-state index >= 15 is 0 Å². The van der Waals surface area contributed by atoms with Crippen molar-refractivity contribution in [2.75, 3.05) is 24.2 Å². The molecule has 0 atom stereocenters. The number of piperidine rings is 1. The molecule has 1 aromatic carbocycles. The van der Waals surface area contributed by atoms with Gasteiger partial charge in [0.2, 0.25) is 0 Å². The van der Waals surface area contributed by atoms with E-state index in [0.29, 0.717) is 5.82 Å². The third-order valence-electron chi connectivity index (χ3n) is 4.61. The van der Waals surface area contributed by atoms with Crippen molar-refractivity contribution in [1.29, 1.82) is 0 Å². The average Bonchev–Trinajstić information content (AvgIpc) is 2.61. The Labute approximate surface area is 147 Å². The van der Waals surface area contributed by atoms with E-state index in [0.717, 1.165) is 15.8 Å². The van der Waals surface area contributed by atoms with Crippen LogP contribution in [-0.4, -0.2) is 51.9 Å². The Balaban J connectivity index is 1.89. The fourth-order valence-electron chi connectivity index (χ4n) is 3.03. The second kappa shape index (κ2) is 6.38. The van der Waals surface area contributed by atoms with Crippen LogP contribution in [0.1, 0.15) is 12.8 Å². The van der Waals surface area contributed by atoms with Crippen LogP contribution in [0, 0.1) is 0 Å². The number of thioether (sulfide) groups is 1. The number of hydrogen-bond donors (Lipinski definition) is 2. The van der Waals surface area contributed by atoms with E-state index in [9.17, 15) is 18.7 Å². The van der Waals surface area contributed by atoms with Crippen LogP contribution < -0.4 is 10.6 Å². The molecule has 9 heteroatoms. The average molecular weight is 368 g/mol. The molecule has 1 aliphatic rings. The number of carbonyl (C=O) groups is 1. The molecule has 1 amide bonds. The molecule has 6 nitrogen and oxygen atoms in total. The number of hydrogen-bond acceptors (Lipinski definition) is 6. The summed E-state index contributed by atoms with van der Waals surface area (Å²) in [5.74, 6) is -5.13. The number of halogens is 2. The second-order valence-corrected chi connectivity index (χ2v) is 6.92. The summed E-state index contributed by atoms with van der Waals surface area (Å²) in [5, 5.41) is 11.0. The molecular formula is C16H18F2N4O2S. The molecule has 0 unspecified atom stereocenters. The lowest BCUT2D eigenvalue weighted by molar-refractivity contribution is -0.195. The lowest BCUT2D eigenvalue weighted by atomic mass is 9.84. The van der Waals surface area contributed by atoms with Gasteiger partial charge in [0.15, 0.2) is 0 Å². The van der Waals surface area contributed by atoms with E-state index in [2.05, 4.69) is 9.97 Å². The van der Waals surface area contributed by atoms with Crippen LogP contribution in [0.25, 0.3) is 10.9 Å². The van der Waals surface area contributed by atoms with Gasteiger partial charge in [-0.25, -0.2) is 9.97 Å². The van der Waals surface area contributed by atoms with Gasteiger partial charge >= 0.3 is 5.92 Å². The molecule has 2 heterocycles. The smallest absolute Gasteiger partial charge is 0.352 e. The van der Waals surface area contributed by atoms with Crippen LogP contribution in [0.3, 0.4) is 0 Å². The molecule has 0 spiro atoms. The number of anilines is 1. The SMILES string of the molecule is CSc1ccc2ncnc(N3CCC(O)(C(F)(F)C(N)=O)CC3)c2c1. The van der Waals surface area contributed by atoms with Crippen molar-refractivity contribution >= 4 is 34.4 Å². The van der Waals surface area contributed by atoms with Crippen LogP contribution in [0.2, 0.25) is 0 Å². The number of alkyl halides is 2. The summed E-state index contributed by atoms with van der Waals surface area (Å²) in [4.78, 5) is 22.4. The maximum atomic E-state index is 13.9. The maximum Gasteiger partial charge on any atom is 0.352 e. The van der Waals surface area contributed by atoms with Crippen molar-refractivity contribution < 1.29 is 18.7 Å². The molecule has 1 fully saturated rings. The summed E-state index contributed by atoms with van der Waals surface area (Å²) in [6, 6.07) is 5.79. The van der Waals surface area contributed by atoms with Gasteiger partial charge in [0.05, 0.1) is 5.52 Å². The monoisotopic (exact) mass is 368 g/mol. The first-order chi connectivity index (χ1) is 11.8. The molecule has 25 heavy (non-hydrogen) atoms. The number of nitrogens with zero attached hydrogens (tertiary/aromatic N) is 3. The number of fused-ring (bicyclic) bond motifs is 1. The molecule has 0 bridgehead atoms. The molecule has 1 saturated heterocycles. The zero-order valence-electron chi connectivity index (χ0n) is 13.6. The van der Waals surface area contributed by atoms with Crippen molar-refractivity contribution in [3.05, 3.63) is 24.5 Å². The number of aliphatic hydroxyl groups is 1. The normalized spacial score (nSPS) is 17.7. The summed E-state index contributed by atoms with van der Waals surface area (Å²) in [6.07, 6.45) is 2.82. The van der Waals surface area contributed by atoms with Gasteiger partial charge in [0, 0.05) is 36.2 Å². The molecule has 3 rings (SSSR count). The van der Waals surface area contributed by atoms with E-state index in [1.165, 1.54) is 6.33 Å². The van der Waals surface area contributed by atoms with Gasteiger partial charge in [0.25, 0.3) is 5.91 Å².